The van der Waals surface area contributed by atoms with Crippen LogP contribution in [0, 0.1) is 0 Å². The first-order valence-electron chi connectivity index (χ1n) is 10.2. The molecule has 0 radical (unpaired) electrons. The highest BCUT2D eigenvalue weighted by molar-refractivity contribution is 5.79. The van der Waals surface area contributed by atoms with Crippen molar-refractivity contribution in [3.8, 4) is 0 Å². The molecule has 2 fully saturated rings. The number of amides is 1. The van der Waals surface area contributed by atoms with Crippen LogP contribution in [-0.2, 0) is 11.3 Å². The lowest BCUT2D eigenvalue weighted by Gasteiger charge is -2.24. The molecule has 6 heteroatoms. The van der Waals surface area contributed by atoms with Crippen molar-refractivity contribution in [1.82, 2.24) is 20.2 Å². The van der Waals surface area contributed by atoms with Gasteiger partial charge in [-0.15, -0.1) is 0 Å². The third-order valence-corrected chi connectivity index (χ3v) is 5.76. The van der Waals surface area contributed by atoms with E-state index in [1.807, 2.05) is 42.1 Å². The lowest BCUT2D eigenvalue weighted by Crippen LogP contribution is -2.28. The van der Waals surface area contributed by atoms with Gasteiger partial charge < -0.3 is 15.1 Å². The zero-order chi connectivity index (χ0) is 19.5. The van der Waals surface area contributed by atoms with Gasteiger partial charge in [0.2, 0.25) is 5.91 Å². The van der Waals surface area contributed by atoms with Crippen LogP contribution in [0.4, 0.5) is 5.82 Å². The summed E-state index contributed by atoms with van der Waals surface area (Å²) < 4.78 is 0. The Morgan fingerprint density at radius 3 is 2.57 bits per heavy atom. The summed E-state index contributed by atoms with van der Waals surface area (Å²) in [5, 5.41) is 3.41. The van der Waals surface area contributed by atoms with E-state index in [1.54, 1.807) is 0 Å². The van der Waals surface area contributed by atoms with Gasteiger partial charge in [-0.1, -0.05) is 30.3 Å². The van der Waals surface area contributed by atoms with E-state index in [2.05, 4.69) is 23.5 Å². The molecule has 2 aliphatic heterocycles. The number of carbonyl (C=O) groups is 1. The molecular formula is C22H29N5O. The van der Waals surface area contributed by atoms with Crippen molar-refractivity contribution in [1.29, 1.82) is 0 Å². The Labute approximate surface area is 167 Å². The van der Waals surface area contributed by atoms with Gasteiger partial charge >= 0.3 is 0 Å². The summed E-state index contributed by atoms with van der Waals surface area (Å²) in [7, 11) is 4.03. The molecule has 3 heterocycles. The molecule has 1 aromatic heterocycles. The molecule has 0 spiro atoms. The van der Waals surface area contributed by atoms with Crippen LogP contribution in [0.15, 0.2) is 36.4 Å². The smallest absolute Gasteiger partial charge is 0.223 e. The van der Waals surface area contributed by atoms with Crippen LogP contribution in [0.2, 0.25) is 0 Å². The Morgan fingerprint density at radius 2 is 1.86 bits per heavy atom. The first kappa shape index (κ1) is 18.9. The topological polar surface area (TPSA) is 61.4 Å². The van der Waals surface area contributed by atoms with Gasteiger partial charge in [0.05, 0.1) is 5.69 Å². The fourth-order valence-corrected chi connectivity index (χ4v) is 4.10. The highest BCUT2D eigenvalue weighted by Crippen LogP contribution is 2.32. The van der Waals surface area contributed by atoms with Gasteiger partial charge in [0.15, 0.2) is 0 Å². The standard InChI is InChI=1S/C22H29N5O/c1-26(2)20-13-19(24-22(25-20)17-8-10-23-11-9-17)18-12-21(28)27(15-18)14-16-6-4-3-5-7-16/h3-7,13,17-18,23H,8-12,14-15H2,1-2H3. The van der Waals surface area contributed by atoms with Crippen molar-refractivity contribution < 1.29 is 4.79 Å². The van der Waals surface area contributed by atoms with E-state index in [9.17, 15) is 4.79 Å². The van der Waals surface area contributed by atoms with Crippen LogP contribution in [0.5, 0.6) is 0 Å². The first-order valence-corrected chi connectivity index (χ1v) is 10.2. The SMILES string of the molecule is CN(C)c1cc(C2CC(=O)N(Cc3ccccc3)C2)nc(C2CCNCC2)n1. The molecule has 148 valence electrons. The van der Waals surface area contributed by atoms with Gasteiger partial charge in [-0.05, 0) is 31.5 Å². The van der Waals surface area contributed by atoms with Crippen LogP contribution >= 0.6 is 0 Å². The first-order chi connectivity index (χ1) is 13.6. The highest BCUT2D eigenvalue weighted by atomic mass is 16.2. The van der Waals surface area contributed by atoms with E-state index in [-0.39, 0.29) is 11.8 Å². The molecule has 4 rings (SSSR count). The van der Waals surface area contributed by atoms with E-state index in [0.29, 0.717) is 18.9 Å². The van der Waals surface area contributed by atoms with Crippen LogP contribution in [-0.4, -0.2) is 54.5 Å². The number of nitrogens with one attached hydrogen (secondary N) is 1. The van der Waals surface area contributed by atoms with E-state index >= 15 is 0 Å². The van der Waals surface area contributed by atoms with E-state index in [4.69, 9.17) is 9.97 Å². The molecule has 1 N–H and O–H groups in total. The summed E-state index contributed by atoms with van der Waals surface area (Å²) in [6.07, 6.45) is 2.67. The van der Waals surface area contributed by atoms with E-state index < -0.39 is 0 Å². The summed E-state index contributed by atoms with van der Waals surface area (Å²) in [6.45, 7) is 3.43. The normalized spacial score (nSPS) is 20.6. The molecule has 1 amide bonds. The maximum atomic E-state index is 12.6. The monoisotopic (exact) mass is 379 g/mol. The van der Waals surface area contributed by atoms with Crippen molar-refractivity contribution in [3.05, 3.63) is 53.5 Å². The number of anilines is 1. The summed E-state index contributed by atoms with van der Waals surface area (Å²) in [6, 6.07) is 12.3. The molecular weight excluding hydrogens is 350 g/mol. The Kier molecular flexibility index (Phi) is 5.57. The second kappa shape index (κ2) is 8.27. The highest BCUT2D eigenvalue weighted by Gasteiger charge is 2.32. The van der Waals surface area contributed by atoms with Gasteiger partial charge in [-0.3, -0.25) is 4.79 Å². The molecule has 1 unspecified atom stereocenters. The van der Waals surface area contributed by atoms with Gasteiger partial charge in [0, 0.05) is 51.5 Å². The minimum atomic E-state index is 0.137. The zero-order valence-corrected chi connectivity index (χ0v) is 16.8. The van der Waals surface area contributed by atoms with Gasteiger partial charge in [0.1, 0.15) is 11.6 Å². The number of likely N-dealkylation sites (tertiary alicyclic amines) is 1. The Hall–Kier alpha value is -2.47. The predicted octanol–water partition coefficient (Wildman–Crippen LogP) is 2.53. The fourth-order valence-electron chi connectivity index (χ4n) is 4.10. The van der Waals surface area contributed by atoms with Gasteiger partial charge in [-0.25, -0.2) is 9.97 Å². The fraction of sp³-hybridized carbons (Fsp3) is 0.500. The summed E-state index contributed by atoms with van der Waals surface area (Å²) >= 11 is 0. The second-order valence-electron chi connectivity index (χ2n) is 8.09. The molecule has 1 atom stereocenters. The lowest BCUT2D eigenvalue weighted by atomic mass is 9.96. The van der Waals surface area contributed by atoms with Crippen molar-refractivity contribution >= 4 is 11.7 Å². The number of carbonyl (C=O) groups excluding carboxylic acids is 1. The van der Waals surface area contributed by atoms with Crippen molar-refractivity contribution in [2.75, 3.05) is 38.6 Å². The van der Waals surface area contributed by atoms with Crippen LogP contribution in [0.25, 0.3) is 0 Å². The maximum absolute atomic E-state index is 12.6. The van der Waals surface area contributed by atoms with E-state index in [1.165, 1.54) is 5.56 Å². The van der Waals surface area contributed by atoms with E-state index in [0.717, 1.165) is 49.8 Å². The number of hydrogen-bond acceptors (Lipinski definition) is 5. The summed E-state index contributed by atoms with van der Waals surface area (Å²) in [5.74, 6) is 2.63. The minimum Gasteiger partial charge on any atom is -0.363 e. The Balaban J connectivity index is 1.56. The second-order valence-corrected chi connectivity index (χ2v) is 8.09. The van der Waals surface area contributed by atoms with Gasteiger partial charge in [0.25, 0.3) is 0 Å². The van der Waals surface area contributed by atoms with Crippen molar-refractivity contribution in [2.45, 2.75) is 37.6 Å². The van der Waals surface area contributed by atoms with Crippen LogP contribution in [0.3, 0.4) is 0 Å². The number of hydrogen-bond donors (Lipinski definition) is 1. The van der Waals surface area contributed by atoms with Crippen molar-refractivity contribution in [3.63, 3.8) is 0 Å². The number of aromatic nitrogens is 2. The largest absolute Gasteiger partial charge is 0.363 e. The molecule has 2 saturated heterocycles. The number of benzene rings is 1. The summed E-state index contributed by atoms with van der Waals surface area (Å²) in [4.78, 5) is 26.4. The number of nitrogens with zero attached hydrogens (tertiary/aromatic N) is 4. The minimum absolute atomic E-state index is 0.137. The number of rotatable bonds is 5. The quantitative estimate of drug-likeness (QED) is 0.865. The average molecular weight is 380 g/mol. The number of piperidine rings is 1. The molecule has 6 nitrogen and oxygen atoms in total. The third-order valence-electron chi connectivity index (χ3n) is 5.76. The van der Waals surface area contributed by atoms with Gasteiger partial charge in [-0.2, -0.15) is 0 Å². The Bertz CT molecular complexity index is 817. The van der Waals surface area contributed by atoms with Crippen molar-refractivity contribution in [2.24, 2.45) is 0 Å². The molecule has 0 aliphatic carbocycles. The molecule has 0 saturated carbocycles. The zero-order valence-electron chi connectivity index (χ0n) is 16.8. The predicted molar refractivity (Wildman–Crippen MR) is 110 cm³/mol. The molecule has 2 aliphatic rings. The molecule has 0 bridgehead atoms. The average Bonchev–Trinajstić information content (AvgIpc) is 3.09. The third kappa shape index (κ3) is 4.17. The lowest BCUT2D eigenvalue weighted by molar-refractivity contribution is -0.128. The Morgan fingerprint density at radius 1 is 1.11 bits per heavy atom. The van der Waals surface area contributed by atoms with Crippen LogP contribution in [0.1, 0.15) is 48.2 Å². The van der Waals surface area contributed by atoms with Crippen LogP contribution < -0.4 is 10.2 Å². The summed E-state index contributed by atoms with van der Waals surface area (Å²) in [5.41, 5.74) is 2.18. The molecule has 2 aromatic rings. The maximum Gasteiger partial charge on any atom is 0.223 e. The molecule has 28 heavy (non-hydrogen) atoms. The molecule has 1 aromatic carbocycles.